The molecule has 2 aromatic carbocycles. The molecule has 0 spiro atoms. The SMILES string of the molecule is O=[N+]([O-])c1cc(CNCc2ccccc2F)c(F)cc1F. The molecule has 7 heteroatoms. The van der Waals surface area contributed by atoms with E-state index in [1.165, 1.54) is 6.07 Å². The summed E-state index contributed by atoms with van der Waals surface area (Å²) in [4.78, 5) is 9.68. The first kappa shape index (κ1) is 15.0. The Hall–Kier alpha value is -2.41. The molecule has 0 radical (unpaired) electrons. The maximum absolute atomic E-state index is 13.5. The molecule has 0 saturated heterocycles. The van der Waals surface area contributed by atoms with Crippen LogP contribution >= 0.6 is 0 Å². The minimum atomic E-state index is -1.23. The fraction of sp³-hybridized carbons (Fsp3) is 0.143. The fourth-order valence-electron chi connectivity index (χ4n) is 1.83. The first-order valence-corrected chi connectivity index (χ1v) is 6.05. The van der Waals surface area contributed by atoms with Gasteiger partial charge >= 0.3 is 5.69 Å². The van der Waals surface area contributed by atoms with E-state index < -0.39 is 28.1 Å². The third-order valence-electron chi connectivity index (χ3n) is 2.90. The van der Waals surface area contributed by atoms with Gasteiger partial charge in [0.2, 0.25) is 5.82 Å². The normalized spacial score (nSPS) is 10.6. The predicted molar refractivity (Wildman–Crippen MR) is 70.0 cm³/mol. The van der Waals surface area contributed by atoms with Crippen LogP contribution < -0.4 is 5.32 Å². The first-order valence-electron chi connectivity index (χ1n) is 6.05. The van der Waals surface area contributed by atoms with Gasteiger partial charge in [0, 0.05) is 36.3 Å². The minimum Gasteiger partial charge on any atom is -0.308 e. The Morgan fingerprint density at radius 3 is 2.29 bits per heavy atom. The largest absolute Gasteiger partial charge is 0.308 e. The summed E-state index contributed by atoms with van der Waals surface area (Å²) in [7, 11) is 0. The van der Waals surface area contributed by atoms with Gasteiger partial charge in [0.05, 0.1) is 4.92 Å². The topological polar surface area (TPSA) is 55.2 Å². The molecule has 0 aliphatic carbocycles. The number of hydrogen-bond acceptors (Lipinski definition) is 3. The molecular formula is C14H11F3N2O2. The van der Waals surface area contributed by atoms with E-state index in [4.69, 9.17) is 0 Å². The molecule has 2 aromatic rings. The number of nitrogens with one attached hydrogen (secondary N) is 1. The van der Waals surface area contributed by atoms with Crippen LogP contribution in [0.2, 0.25) is 0 Å². The fourth-order valence-corrected chi connectivity index (χ4v) is 1.83. The highest BCUT2D eigenvalue weighted by Crippen LogP contribution is 2.21. The second-order valence-electron chi connectivity index (χ2n) is 4.35. The summed E-state index contributed by atoms with van der Waals surface area (Å²) in [6, 6.07) is 7.36. The first-order chi connectivity index (χ1) is 9.99. The van der Waals surface area contributed by atoms with Crippen molar-refractivity contribution in [2.45, 2.75) is 13.1 Å². The van der Waals surface area contributed by atoms with Gasteiger partial charge in [-0.15, -0.1) is 0 Å². The van der Waals surface area contributed by atoms with Gasteiger partial charge in [0.1, 0.15) is 11.6 Å². The Bertz CT molecular complexity index is 677. The molecule has 0 fully saturated rings. The lowest BCUT2D eigenvalue weighted by atomic mass is 10.1. The molecule has 1 N–H and O–H groups in total. The number of nitro groups is 1. The van der Waals surface area contributed by atoms with E-state index in [9.17, 15) is 23.3 Å². The molecule has 0 bridgehead atoms. The van der Waals surface area contributed by atoms with Crippen LogP contribution in [0.4, 0.5) is 18.9 Å². The van der Waals surface area contributed by atoms with E-state index in [-0.39, 0.29) is 18.7 Å². The minimum absolute atomic E-state index is 0.0561. The summed E-state index contributed by atoms with van der Waals surface area (Å²) >= 11 is 0. The van der Waals surface area contributed by atoms with Crippen molar-refractivity contribution in [2.75, 3.05) is 0 Å². The maximum Gasteiger partial charge on any atom is 0.305 e. The molecule has 0 amide bonds. The second-order valence-corrected chi connectivity index (χ2v) is 4.35. The summed E-state index contributed by atoms with van der Waals surface area (Å²) in [6.45, 7) is 0.0403. The summed E-state index contributed by atoms with van der Waals surface area (Å²) in [5.74, 6) is -2.52. The number of benzene rings is 2. The van der Waals surface area contributed by atoms with E-state index in [1.807, 2.05) is 0 Å². The van der Waals surface area contributed by atoms with Crippen molar-refractivity contribution in [1.29, 1.82) is 0 Å². The molecule has 21 heavy (non-hydrogen) atoms. The summed E-state index contributed by atoms with van der Waals surface area (Å²) in [5, 5.41) is 13.4. The van der Waals surface area contributed by atoms with E-state index in [0.29, 0.717) is 11.6 Å². The molecule has 2 rings (SSSR count). The Kier molecular flexibility index (Phi) is 4.54. The lowest BCUT2D eigenvalue weighted by Gasteiger charge is -2.07. The molecule has 0 aliphatic heterocycles. The van der Waals surface area contributed by atoms with Gasteiger partial charge in [-0.3, -0.25) is 10.1 Å². The molecule has 4 nitrogen and oxygen atoms in total. The number of nitrogens with zero attached hydrogens (tertiary/aromatic N) is 1. The van der Waals surface area contributed by atoms with Crippen LogP contribution in [0.5, 0.6) is 0 Å². The van der Waals surface area contributed by atoms with Crippen LogP contribution in [-0.2, 0) is 13.1 Å². The highest BCUT2D eigenvalue weighted by molar-refractivity contribution is 5.37. The third-order valence-corrected chi connectivity index (χ3v) is 2.90. The average Bonchev–Trinajstić information content (AvgIpc) is 2.42. The van der Waals surface area contributed by atoms with E-state index in [0.717, 1.165) is 6.07 Å². The Labute approximate surface area is 118 Å². The number of hydrogen-bond donors (Lipinski definition) is 1. The maximum atomic E-state index is 13.5. The zero-order valence-electron chi connectivity index (χ0n) is 10.8. The van der Waals surface area contributed by atoms with Crippen LogP contribution in [0, 0.1) is 27.6 Å². The van der Waals surface area contributed by atoms with Gasteiger partial charge in [0.15, 0.2) is 0 Å². The second kappa shape index (κ2) is 6.36. The van der Waals surface area contributed by atoms with Gasteiger partial charge in [-0.2, -0.15) is 4.39 Å². The molecule has 0 atom stereocenters. The monoisotopic (exact) mass is 296 g/mol. The Balaban J connectivity index is 2.08. The van der Waals surface area contributed by atoms with Crippen molar-refractivity contribution < 1.29 is 18.1 Å². The van der Waals surface area contributed by atoms with Crippen molar-refractivity contribution in [3.8, 4) is 0 Å². The summed E-state index contributed by atoms with van der Waals surface area (Å²) in [6.07, 6.45) is 0. The Morgan fingerprint density at radius 2 is 1.62 bits per heavy atom. The van der Waals surface area contributed by atoms with Crippen LogP contribution in [0.3, 0.4) is 0 Å². The zero-order valence-corrected chi connectivity index (χ0v) is 10.8. The smallest absolute Gasteiger partial charge is 0.305 e. The highest BCUT2D eigenvalue weighted by atomic mass is 19.1. The Morgan fingerprint density at radius 1 is 0.952 bits per heavy atom. The molecule has 0 saturated carbocycles. The van der Waals surface area contributed by atoms with Gasteiger partial charge < -0.3 is 5.32 Å². The zero-order chi connectivity index (χ0) is 15.4. The third kappa shape index (κ3) is 3.57. The molecule has 0 aliphatic rings. The van der Waals surface area contributed by atoms with Crippen molar-refractivity contribution in [2.24, 2.45) is 0 Å². The van der Waals surface area contributed by atoms with Crippen LogP contribution in [-0.4, -0.2) is 4.92 Å². The van der Waals surface area contributed by atoms with E-state index in [1.54, 1.807) is 18.2 Å². The van der Waals surface area contributed by atoms with Crippen LogP contribution in [0.15, 0.2) is 36.4 Å². The standard InChI is InChI=1S/C14H11F3N2O2/c15-11-4-2-1-3-9(11)7-18-8-10-5-14(19(20)21)13(17)6-12(10)16/h1-6,18H,7-8H2. The van der Waals surface area contributed by atoms with Crippen molar-refractivity contribution in [1.82, 2.24) is 5.32 Å². The molecule has 0 aromatic heterocycles. The molecule has 0 heterocycles. The summed E-state index contributed by atoms with van der Waals surface area (Å²) < 4.78 is 40.1. The lowest BCUT2D eigenvalue weighted by molar-refractivity contribution is -0.387. The number of halogens is 3. The van der Waals surface area contributed by atoms with Gasteiger partial charge in [-0.05, 0) is 6.07 Å². The van der Waals surface area contributed by atoms with Crippen LogP contribution in [0.25, 0.3) is 0 Å². The van der Waals surface area contributed by atoms with Crippen molar-refractivity contribution >= 4 is 5.69 Å². The molecular weight excluding hydrogens is 285 g/mol. The number of nitro benzene ring substituents is 1. The predicted octanol–water partition coefficient (Wildman–Crippen LogP) is 3.30. The lowest BCUT2D eigenvalue weighted by Crippen LogP contribution is -2.15. The summed E-state index contributed by atoms with van der Waals surface area (Å²) in [5.41, 5.74) is -0.465. The average molecular weight is 296 g/mol. The van der Waals surface area contributed by atoms with E-state index in [2.05, 4.69) is 5.32 Å². The van der Waals surface area contributed by atoms with Crippen LogP contribution in [0.1, 0.15) is 11.1 Å². The van der Waals surface area contributed by atoms with Gasteiger partial charge in [0.25, 0.3) is 0 Å². The quantitative estimate of drug-likeness (QED) is 0.680. The van der Waals surface area contributed by atoms with Gasteiger partial charge in [-0.25, -0.2) is 8.78 Å². The molecule has 110 valence electrons. The number of rotatable bonds is 5. The molecule has 0 unspecified atom stereocenters. The van der Waals surface area contributed by atoms with Crippen molar-refractivity contribution in [3.63, 3.8) is 0 Å². The van der Waals surface area contributed by atoms with E-state index >= 15 is 0 Å². The van der Waals surface area contributed by atoms with Crippen molar-refractivity contribution in [3.05, 3.63) is 75.1 Å². The highest BCUT2D eigenvalue weighted by Gasteiger charge is 2.18. The van der Waals surface area contributed by atoms with Gasteiger partial charge in [-0.1, -0.05) is 18.2 Å².